The molecule has 6 unspecified atom stereocenters. The number of aromatic nitrogens is 12. The van der Waals surface area contributed by atoms with Crippen molar-refractivity contribution >= 4 is 117 Å². The monoisotopic (exact) mass is 1970 g/mol. The number of piperazine rings is 3. The number of hydrogen-bond acceptors (Lipinski definition) is 19. The Morgan fingerprint density at radius 3 is 1.12 bits per heavy atom. The van der Waals surface area contributed by atoms with Crippen molar-refractivity contribution in [3.63, 3.8) is 0 Å². The maximum Gasteiger partial charge on any atom is 0.281 e. The van der Waals surface area contributed by atoms with Crippen molar-refractivity contribution in [1.29, 1.82) is 0 Å². The topological polar surface area (TPSA) is 283 Å². The van der Waals surface area contributed by atoms with Crippen molar-refractivity contribution in [2.75, 3.05) is 123 Å². The lowest BCUT2D eigenvalue weighted by Crippen LogP contribution is -2.64. The van der Waals surface area contributed by atoms with Crippen LogP contribution in [0.3, 0.4) is 0 Å². The number of carbonyl (C=O) groups excluding carboxylic acids is 3. The standard InChI is InChI=1S/C40H46F2N8O2.C36H37F2N7O2.C35H35F2N7O2/c1-9-31(51)48-21-26-20-47(16-10-15-46(7)8)39-38(49(26)19-25(48)6)27-17-29(41)33(32-23(4)11-12-30-28(32)18-44-45-30)34(42)37(27)50(40(39)52)36-24(5)13-14-43-35(36)22(2)3;1-8-27(46)43-17-22-16-42(7)35-34(44(22)15-21(43)6)23-13-25(37)29(28-19(4)9-10-26-24(28)14-40-41-26)30(38)33(23)45(36(35)47)32-20(5)11-12-39-31(32)18(2)3;1-7-26(45)42-16-21-13-39-31-34(43(21)15-20(42)6)22-12-24(36)28(27-18(4)8-9-25-23(27)14-40-41-25)29(37)33(22)44(35(31)46)32-19(5)10-11-38-30(32)17(2)3/h9,11-14,17-18,22,25-26H,1,10,15-16,19-21H2,2-8H3,(H,44,45);8-14,18,21-22H,1,15-17H2,2-7H3,(H,40,41);7-12,14,17,20-21,39H,1,13,15-16H2,2-6H3,(H,40,41). The number of likely N-dealkylation sites (N-methyl/N-ethyl adjacent to an activating group) is 1. The van der Waals surface area contributed by atoms with Crippen LogP contribution in [0.2, 0.25) is 0 Å². The summed E-state index contributed by atoms with van der Waals surface area (Å²) in [5.41, 5.74) is 11.0. The molecule has 750 valence electrons. The molecular weight excluding hydrogens is 1850 g/mol. The highest BCUT2D eigenvalue weighted by Gasteiger charge is 2.48. The van der Waals surface area contributed by atoms with Gasteiger partial charge in [0.1, 0.15) is 34.5 Å². The fourth-order valence-electron chi connectivity index (χ4n) is 23.0. The second kappa shape index (κ2) is 38.1. The van der Waals surface area contributed by atoms with Gasteiger partial charge in [0.15, 0.2) is 17.5 Å². The van der Waals surface area contributed by atoms with Crippen LogP contribution in [0.15, 0.2) is 162 Å². The van der Waals surface area contributed by atoms with Gasteiger partial charge in [-0.3, -0.25) is 72.7 Å². The number of halogens is 6. The molecule has 145 heavy (non-hydrogen) atoms. The Bertz CT molecular complexity index is 8110. The second-order valence-electron chi connectivity index (χ2n) is 40.6. The lowest BCUT2D eigenvalue weighted by molar-refractivity contribution is -0.129. The van der Waals surface area contributed by atoms with Gasteiger partial charge >= 0.3 is 0 Å². The average molecular weight is 1970 g/mol. The minimum absolute atomic E-state index is 0.0100. The van der Waals surface area contributed by atoms with Crippen molar-refractivity contribution in [3.05, 3.63) is 264 Å². The Morgan fingerprint density at radius 2 is 0.752 bits per heavy atom. The molecular formula is C111H118F6N22O6. The SMILES string of the molecule is C=CC(=O)N1CC2CN(C)c3c(c4cc(F)c(-c5c(C)ccc6[nH]ncc56)c(F)c4n(-c4c(C)ccnc4C(C)C)c3=O)N2CC1C.C=CC(=O)N1CC2CN(CCCN(C)C)c3c(c4cc(F)c(-c5c(C)ccc6[nH]ncc56)c(F)c4n(-c4c(C)ccnc4C(C)C)c3=O)N2CC1C.C=CC(=O)N1CC2CNc3c(c4cc(F)c(-c5c(C)ccc6[nH]ncc56)c(F)c4n(-c4c(C)ccnc4C(C)C)c3=O)N2CC1C. The Balaban J connectivity index is 0.000000138. The van der Waals surface area contributed by atoms with Gasteiger partial charge in [0, 0.05) is 158 Å². The van der Waals surface area contributed by atoms with Gasteiger partial charge in [-0.15, -0.1) is 0 Å². The zero-order chi connectivity index (χ0) is 103. The van der Waals surface area contributed by atoms with E-state index in [2.05, 4.69) is 85.2 Å². The molecule has 6 aromatic carbocycles. The number of nitrogens with zero attached hydrogens (tertiary/aromatic N) is 18. The second-order valence-corrected chi connectivity index (χ2v) is 40.6. The molecule has 6 aliphatic heterocycles. The molecule has 6 aliphatic rings. The van der Waals surface area contributed by atoms with E-state index < -0.39 is 51.6 Å². The number of carbonyl (C=O) groups is 3. The van der Waals surface area contributed by atoms with Crippen LogP contribution < -0.4 is 46.5 Å². The van der Waals surface area contributed by atoms with E-state index in [1.54, 1.807) is 90.0 Å². The van der Waals surface area contributed by atoms with Crippen LogP contribution in [-0.2, 0) is 14.4 Å². The number of pyridine rings is 6. The predicted molar refractivity (Wildman–Crippen MR) is 562 cm³/mol. The number of benzene rings is 6. The maximum absolute atomic E-state index is 17.9. The molecule has 4 N–H and O–H groups in total. The Hall–Kier alpha value is -15.2. The highest BCUT2D eigenvalue weighted by atomic mass is 19.2. The summed E-state index contributed by atoms with van der Waals surface area (Å²) in [5.74, 6) is -5.57. The number of amides is 3. The number of hydrogen-bond donors (Lipinski definition) is 4. The molecule has 28 nitrogen and oxygen atoms in total. The summed E-state index contributed by atoms with van der Waals surface area (Å²) in [6.07, 6.45) is 14.4. The molecule has 0 bridgehead atoms. The first-order valence-corrected chi connectivity index (χ1v) is 49.2. The zero-order valence-corrected chi connectivity index (χ0v) is 84.7. The van der Waals surface area contributed by atoms with E-state index in [-0.39, 0.29) is 121 Å². The van der Waals surface area contributed by atoms with Crippen molar-refractivity contribution in [2.24, 2.45) is 0 Å². The highest BCUT2D eigenvalue weighted by Crippen LogP contribution is 2.52. The zero-order valence-electron chi connectivity index (χ0n) is 84.7. The smallest absolute Gasteiger partial charge is 0.281 e. The van der Waals surface area contributed by atoms with E-state index in [9.17, 15) is 24.0 Å². The van der Waals surface area contributed by atoms with Crippen molar-refractivity contribution < 1.29 is 40.7 Å². The quantitative estimate of drug-likeness (QED) is 0.0516. The number of nitrogens with one attached hydrogen (secondary N) is 4. The third kappa shape index (κ3) is 16.3. The van der Waals surface area contributed by atoms with E-state index in [0.717, 1.165) is 29.7 Å². The molecule has 3 saturated heterocycles. The van der Waals surface area contributed by atoms with Gasteiger partial charge in [-0.05, 0) is 213 Å². The fourth-order valence-corrected chi connectivity index (χ4v) is 23.0. The van der Waals surface area contributed by atoms with Crippen molar-refractivity contribution in [3.8, 4) is 50.4 Å². The molecule has 34 heteroatoms. The molecule has 6 atom stereocenters. The van der Waals surface area contributed by atoms with E-state index in [1.165, 1.54) is 50.1 Å². The first-order chi connectivity index (χ1) is 69.3. The average Bonchev–Trinajstić information content (AvgIpc) is 1.34. The summed E-state index contributed by atoms with van der Waals surface area (Å²) in [7, 11) is 5.82. The molecule has 3 fully saturated rings. The summed E-state index contributed by atoms with van der Waals surface area (Å²) in [6.45, 7) is 44.6. The Kier molecular flexibility index (Phi) is 25.9. The third-order valence-corrected chi connectivity index (χ3v) is 29.9. The summed E-state index contributed by atoms with van der Waals surface area (Å²) in [5, 5.41) is 27.0. The minimum Gasteiger partial charge on any atom is -0.377 e. The van der Waals surface area contributed by atoms with Crippen molar-refractivity contribution in [2.45, 2.75) is 164 Å². The predicted octanol–water partition coefficient (Wildman–Crippen LogP) is 18.3. The molecule has 9 aromatic heterocycles. The van der Waals surface area contributed by atoms with Crippen LogP contribution in [-0.4, -0.2) is 226 Å². The molecule has 15 heterocycles. The van der Waals surface area contributed by atoms with E-state index in [1.807, 2.05) is 151 Å². The van der Waals surface area contributed by atoms with Crippen LogP contribution in [0.1, 0.15) is 137 Å². The van der Waals surface area contributed by atoms with E-state index in [0.29, 0.717) is 200 Å². The highest BCUT2D eigenvalue weighted by molar-refractivity contribution is 6.10. The summed E-state index contributed by atoms with van der Waals surface area (Å²) >= 11 is 0. The lowest BCUT2D eigenvalue weighted by Gasteiger charge is -2.52. The maximum atomic E-state index is 17.9. The number of H-pyrrole nitrogens is 3. The molecule has 21 rings (SSSR count). The number of fused-ring (bicyclic) bond motifs is 18. The summed E-state index contributed by atoms with van der Waals surface area (Å²) in [4.78, 5) is 115. The molecule has 15 aromatic rings. The van der Waals surface area contributed by atoms with Gasteiger partial charge in [-0.25, -0.2) is 26.3 Å². The number of anilines is 6. The number of rotatable bonds is 16. The van der Waals surface area contributed by atoms with E-state index in [4.69, 9.17) is 4.98 Å². The van der Waals surface area contributed by atoms with Gasteiger partial charge in [0.25, 0.3) is 16.7 Å². The molecule has 3 amide bonds. The van der Waals surface area contributed by atoms with Gasteiger partial charge in [0.05, 0.1) is 138 Å². The molecule has 0 saturated carbocycles. The van der Waals surface area contributed by atoms with Gasteiger partial charge < -0.3 is 49.4 Å². The lowest BCUT2D eigenvalue weighted by atomic mass is 9.92. The first-order valence-electron chi connectivity index (χ1n) is 49.2. The van der Waals surface area contributed by atoms with Crippen LogP contribution in [0.4, 0.5) is 60.5 Å². The third-order valence-electron chi connectivity index (χ3n) is 29.9. The molecule has 0 spiro atoms. The number of aryl methyl sites for hydroxylation is 6. The van der Waals surface area contributed by atoms with Crippen LogP contribution in [0.5, 0.6) is 0 Å². The van der Waals surface area contributed by atoms with Crippen LogP contribution in [0, 0.1) is 76.4 Å². The Morgan fingerprint density at radius 1 is 0.414 bits per heavy atom. The van der Waals surface area contributed by atoms with Gasteiger partial charge in [-0.2, -0.15) is 15.3 Å². The normalized spacial score (nSPS) is 17.7. The molecule has 0 aliphatic carbocycles. The van der Waals surface area contributed by atoms with Gasteiger partial charge in [-0.1, -0.05) is 79.5 Å². The largest absolute Gasteiger partial charge is 0.377 e. The van der Waals surface area contributed by atoms with Gasteiger partial charge in [0.2, 0.25) is 17.7 Å². The van der Waals surface area contributed by atoms with Crippen molar-refractivity contribution in [1.82, 2.24) is 78.8 Å². The van der Waals surface area contributed by atoms with Crippen LogP contribution in [0.25, 0.3) is 116 Å². The summed E-state index contributed by atoms with van der Waals surface area (Å²) in [6, 6.07) is 19.0. The Labute approximate surface area is 834 Å². The molecule has 0 radical (unpaired) electrons. The number of aromatic amines is 3. The first kappa shape index (κ1) is 98.6. The minimum atomic E-state index is -0.847. The van der Waals surface area contributed by atoms with E-state index >= 15 is 31.1 Å². The fraction of sp³-hybridized carbons (Fsp3) is 0.351. The summed E-state index contributed by atoms with van der Waals surface area (Å²) < 4.78 is 108. The van der Waals surface area contributed by atoms with Crippen LogP contribution >= 0.6 is 0 Å².